The fraction of sp³-hybridized carbons (Fsp3) is 0.872. The molecule has 0 saturated carbocycles. The van der Waals surface area contributed by atoms with Crippen LogP contribution in [0.1, 0.15) is 187 Å². The standard InChI is InChI=1S/C39H74NO10P/c1-3-5-7-9-11-13-15-17-18-19-21-22-24-26-28-30-37(41)47-32-35(33-48-51(45,46)49-34-36(40)39(43)44)50-38(42)31-29-27-25-23-20-16-14-12-10-8-6-4-2/h12,14,35-36H,3-11,13,15-34,40H2,1-2H3,(H,43,44)(H,45,46)/b14-12+/t35-,36+/m1/s1. The highest BCUT2D eigenvalue weighted by atomic mass is 31.2. The van der Waals surface area contributed by atoms with Crippen LogP contribution in [0, 0.1) is 0 Å². The Bertz CT molecular complexity index is 932. The van der Waals surface area contributed by atoms with Crippen molar-refractivity contribution >= 4 is 25.7 Å². The molecule has 0 radical (unpaired) electrons. The van der Waals surface area contributed by atoms with Gasteiger partial charge in [0.05, 0.1) is 13.2 Å². The van der Waals surface area contributed by atoms with E-state index >= 15 is 0 Å². The molecule has 11 nitrogen and oxygen atoms in total. The van der Waals surface area contributed by atoms with Crippen molar-refractivity contribution < 1.29 is 47.5 Å². The molecular formula is C39H74NO10P. The number of allylic oxidation sites excluding steroid dienone is 2. The Hall–Kier alpha value is -1.78. The maximum absolute atomic E-state index is 12.6. The second-order valence-electron chi connectivity index (χ2n) is 13.8. The number of aliphatic carboxylic acids is 1. The average molecular weight is 748 g/mol. The molecule has 0 aliphatic carbocycles. The normalized spacial score (nSPS) is 14.0. The van der Waals surface area contributed by atoms with Gasteiger partial charge in [-0.05, 0) is 38.5 Å². The molecule has 300 valence electrons. The molecule has 12 heteroatoms. The van der Waals surface area contributed by atoms with Crippen molar-refractivity contribution in [2.75, 3.05) is 19.8 Å². The van der Waals surface area contributed by atoms with Crippen molar-refractivity contribution in [3.8, 4) is 0 Å². The molecule has 0 bridgehead atoms. The van der Waals surface area contributed by atoms with E-state index in [1.54, 1.807) is 0 Å². The van der Waals surface area contributed by atoms with Gasteiger partial charge < -0.3 is 25.2 Å². The number of unbranched alkanes of at least 4 members (excludes halogenated alkanes) is 22. The van der Waals surface area contributed by atoms with Crippen molar-refractivity contribution in [3.05, 3.63) is 12.2 Å². The second kappa shape index (κ2) is 35.3. The van der Waals surface area contributed by atoms with Crippen LogP contribution in [0.5, 0.6) is 0 Å². The van der Waals surface area contributed by atoms with Crippen molar-refractivity contribution in [1.82, 2.24) is 0 Å². The van der Waals surface area contributed by atoms with E-state index in [1.807, 2.05) is 0 Å². The summed E-state index contributed by atoms with van der Waals surface area (Å²) in [5.74, 6) is -2.38. The molecule has 0 heterocycles. The SMILES string of the molecule is CCCCC/C=C/CCCCCCCC(=O)O[C@H](COC(=O)CCCCCCCCCCCCCCCCC)COP(=O)(O)OC[C@H](N)C(=O)O. The number of hydrogen-bond donors (Lipinski definition) is 3. The van der Waals surface area contributed by atoms with Gasteiger partial charge in [0.15, 0.2) is 6.10 Å². The molecule has 0 aliphatic rings. The summed E-state index contributed by atoms with van der Waals surface area (Å²) in [6, 6.07) is -1.52. The van der Waals surface area contributed by atoms with Gasteiger partial charge in [-0.2, -0.15) is 0 Å². The number of esters is 2. The highest BCUT2D eigenvalue weighted by molar-refractivity contribution is 7.47. The topological polar surface area (TPSA) is 172 Å². The van der Waals surface area contributed by atoms with E-state index < -0.39 is 51.1 Å². The molecule has 0 fully saturated rings. The van der Waals surface area contributed by atoms with Crippen molar-refractivity contribution in [2.24, 2.45) is 5.73 Å². The van der Waals surface area contributed by atoms with Crippen LogP contribution < -0.4 is 5.73 Å². The first-order valence-electron chi connectivity index (χ1n) is 20.2. The summed E-state index contributed by atoms with van der Waals surface area (Å²) < 4.78 is 32.6. The van der Waals surface area contributed by atoms with E-state index in [9.17, 15) is 23.8 Å². The van der Waals surface area contributed by atoms with E-state index in [1.165, 1.54) is 89.9 Å². The first kappa shape index (κ1) is 49.2. The number of phosphoric ester groups is 1. The van der Waals surface area contributed by atoms with Gasteiger partial charge in [-0.1, -0.05) is 148 Å². The van der Waals surface area contributed by atoms with Crippen LogP contribution in [-0.4, -0.2) is 59.9 Å². The number of carboxylic acid groups (broad SMARTS) is 1. The third-order valence-corrected chi connectivity index (χ3v) is 9.71. The Morgan fingerprint density at radius 2 is 0.980 bits per heavy atom. The molecule has 1 unspecified atom stereocenters. The second-order valence-corrected chi connectivity index (χ2v) is 15.2. The molecule has 0 aliphatic heterocycles. The summed E-state index contributed by atoms with van der Waals surface area (Å²) in [4.78, 5) is 45.8. The maximum Gasteiger partial charge on any atom is 0.472 e. The number of hydrogen-bond acceptors (Lipinski definition) is 9. The van der Waals surface area contributed by atoms with Crippen molar-refractivity contribution in [2.45, 2.75) is 199 Å². The van der Waals surface area contributed by atoms with E-state index in [-0.39, 0.29) is 19.4 Å². The van der Waals surface area contributed by atoms with Crippen LogP contribution in [-0.2, 0) is 37.5 Å². The lowest BCUT2D eigenvalue weighted by molar-refractivity contribution is -0.161. The first-order valence-corrected chi connectivity index (χ1v) is 21.7. The van der Waals surface area contributed by atoms with Gasteiger partial charge in [0.2, 0.25) is 0 Å². The van der Waals surface area contributed by atoms with Gasteiger partial charge in [-0.15, -0.1) is 0 Å². The van der Waals surface area contributed by atoms with E-state index in [0.717, 1.165) is 57.8 Å². The molecule has 0 saturated heterocycles. The predicted molar refractivity (Wildman–Crippen MR) is 203 cm³/mol. The van der Waals surface area contributed by atoms with E-state index in [4.69, 9.17) is 24.8 Å². The van der Waals surface area contributed by atoms with Gasteiger partial charge >= 0.3 is 25.7 Å². The van der Waals surface area contributed by atoms with E-state index in [0.29, 0.717) is 12.8 Å². The largest absolute Gasteiger partial charge is 0.480 e. The summed E-state index contributed by atoms with van der Waals surface area (Å²) >= 11 is 0. The fourth-order valence-electron chi connectivity index (χ4n) is 5.53. The number of nitrogens with two attached hydrogens (primary N) is 1. The monoisotopic (exact) mass is 748 g/mol. The molecule has 51 heavy (non-hydrogen) atoms. The Morgan fingerprint density at radius 1 is 0.588 bits per heavy atom. The summed E-state index contributed by atoms with van der Waals surface area (Å²) in [6.07, 6.45) is 32.8. The fourth-order valence-corrected chi connectivity index (χ4v) is 6.31. The molecule has 4 N–H and O–H groups in total. The minimum atomic E-state index is -4.71. The number of carbonyl (C=O) groups is 3. The smallest absolute Gasteiger partial charge is 0.472 e. The zero-order valence-corrected chi connectivity index (χ0v) is 33.1. The predicted octanol–water partition coefficient (Wildman–Crippen LogP) is 10.1. The van der Waals surface area contributed by atoms with Crippen molar-refractivity contribution in [3.63, 3.8) is 0 Å². The summed E-state index contributed by atoms with van der Waals surface area (Å²) in [5, 5.41) is 8.86. The number of carbonyl (C=O) groups excluding carboxylic acids is 2. The summed E-state index contributed by atoms with van der Waals surface area (Å²) in [5.41, 5.74) is 5.32. The Morgan fingerprint density at radius 3 is 1.47 bits per heavy atom. The van der Waals surface area contributed by atoms with Crippen LogP contribution in [0.4, 0.5) is 0 Å². The van der Waals surface area contributed by atoms with Gasteiger partial charge in [-0.3, -0.25) is 23.4 Å². The molecule has 0 spiro atoms. The molecular weight excluding hydrogens is 673 g/mol. The number of phosphoric acid groups is 1. The summed E-state index contributed by atoms with van der Waals surface area (Å²) in [7, 11) is -4.71. The molecule has 0 aromatic rings. The highest BCUT2D eigenvalue weighted by Gasteiger charge is 2.28. The third-order valence-electron chi connectivity index (χ3n) is 8.76. The minimum absolute atomic E-state index is 0.154. The molecule has 3 atom stereocenters. The van der Waals surface area contributed by atoms with Crippen LogP contribution in [0.15, 0.2) is 12.2 Å². The maximum atomic E-state index is 12.6. The Balaban J connectivity index is 4.38. The van der Waals surface area contributed by atoms with Gasteiger partial charge in [0.25, 0.3) is 0 Å². The lowest BCUT2D eigenvalue weighted by Crippen LogP contribution is -2.34. The zero-order valence-electron chi connectivity index (χ0n) is 32.2. The van der Waals surface area contributed by atoms with Crippen LogP contribution in [0.3, 0.4) is 0 Å². The van der Waals surface area contributed by atoms with Crippen LogP contribution in [0.2, 0.25) is 0 Å². The van der Waals surface area contributed by atoms with Gasteiger partial charge in [0, 0.05) is 12.8 Å². The van der Waals surface area contributed by atoms with Gasteiger partial charge in [-0.25, -0.2) is 4.57 Å². The molecule has 0 rings (SSSR count). The minimum Gasteiger partial charge on any atom is -0.480 e. The van der Waals surface area contributed by atoms with Crippen molar-refractivity contribution in [1.29, 1.82) is 0 Å². The summed E-state index contributed by atoms with van der Waals surface area (Å²) in [6.45, 7) is 2.77. The third kappa shape index (κ3) is 35.0. The lowest BCUT2D eigenvalue weighted by Gasteiger charge is -2.20. The van der Waals surface area contributed by atoms with Crippen LogP contribution >= 0.6 is 7.82 Å². The quantitative estimate of drug-likeness (QED) is 0.0237. The van der Waals surface area contributed by atoms with Crippen LogP contribution in [0.25, 0.3) is 0 Å². The Kier molecular flexibility index (Phi) is 34.0. The molecule has 0 aromatic carbocycles. The number of ether oxygens (including phenoxy) is 2. The highest BCUT2D eigenvalue weighted by Crippen LogP contribution is 2.43. The van der Waals surface area contributed by atoms with Gasteiger partial charge in [0.1, 0.15) is 12.6 Å². The first-order chi connectivity index (χ1) is 24.6. The lowest BCUT2D eigenvalue weighted by atomic mass is 10.0. The zero-order chi connectivity index (χ0) is 37.8. The average Bonchev–Trinajstić information content (AvgIpc) is 3.10. The molecule has 0 aromatic heterocycles. The number of rotatable bonds is 38. The molecule has 0 amide bonds. The van der Waals surface area contributed by atoms with E-state index in [2.05, 4.69) is 30.5 Å². The Labute approximate surface area is 309 Å². The number of carboxylic acids is 1.